The van der Waals surface area contributed by atoms with Gasteiger partial charge < -0.3 is 9.80 Å². The summed E-state index contributed by atoms with van der Waals surface area (Å²) in [7, 11) is 0. The van der Waals surface area contributed by atoms with Gasteiger partial charge in [0.1, 0.15) is 0 Å². The molecule has 1 fully saturated rings. The fourth-order valence-electron chi connectivity index (χ4n) is 3.57. The highest BCUT2D eigenvalue weighted by molar-refractivity contribution is 5.81. The van der Waals surface area contributed by atoms with Crippen LogP contribution in [0.3, 0.4) is 0 Å². The Labute approximate surface area is 155 Å². The Hall–Kier alpha value is -2.62. The number of piperazine rings is 1. The molecule has 26 heavy (non-hydrogen) atoms. The van der Waals surface area contributed by atoms with Gasteiger partial charge in [-0.3, -0.25) is 9.59 Å². The van der Waals surface area contributed by atoms with E-state index in [1.54, 1.807) is 0 Å². The van der Waals surface area contributed by atoms with Gasteiger partial charge in [-0.1, -0.05) is 60.7 Å². The molecule has 0 spiro atoms. The zero-order valence-corrected chi connectivity index (χ0v) is 15.5. The number of carbonyl (C=O) groups is 2. The standard InChI is InChI=1S/C22H26N2O2/c1-17-15-24(22(26)14-20-11-7-4-8-12-20)18(2)16-23(17)21(25)13-19-9-5-3-6-10-19/h3-12,17-18H,13-16H2,1-2H3/t17-,18-/m0/s1. The Kier molecular flexibility index (Phi) is 5.71. The van der Waals surface area contributed by atoms with Crippen molar-refractivity contribution in [2.24, 2.45) is 0 Å². The van der Waals surface area contributed by atoms with Crippen molar-refractivity contribution in [2.45, 2.75) is 38.8 Å². The Balaban J connectivity index is 1.61. The minimum Gasteiger partial charge on any atom is -0.336 e. The molecule has 1 aliphatic rings. The minimum absolute atomic E-state index is 0.0298. The van der Waals surface area contributed by atoms with Crippen molar-refractivity contribution in [3.63, 3.8) is 0 Å². The lowest BCUT2D eigenvalue weighted by Crippen LogP contribution is -2.60. The summed E-state index contributed by atoms with van der Waals surface area (Å²) in [5.41, 5.74) is 2.06. The summed E-state index contributed by atoms with van der Waals surface area (Å²) in [4.78, 5) is 29.3. The van der Waals surface area contributed by atoms with E-state index in [0.717, 1.165) is 11.1 Å². The van der Waals surface area contributed by atoms with E-state index in [2.05, 4.69) is 0 Å². The average Bonchev–Trinajstić information content (AvgIpc) is 2.64. The van der Waals surface area contributed by atoms with Crippen LogP contribution in [0.2, 0.25) is 0 Å². The molecular weight excluding hydrogens is 324 g/mol. The van der Waals surface area contributed by atoms with Gasteiger partial charge in [0.15, 0.2) is 0 Å². The zero-order valence-electron chi connectivity index (χ0n) is 15.5. The first-order chi connectivity index (χ1) is 12.5. The largest absolute Gasteiger partial charge is 0.336 e. The van der Waals surface area contributed by atoms with Gasteiger partial charge in [-0.25, -0.2) is 0 Å². The molecule has 0 bridgehead atoms. The lowest BCUT2D eigenvalue weighted by molar-refractivity contribution is -0.145. The maximum absolute atomic E-state index is 12.7. The predicted octanol–water partition coefficient (Wildman–Crippen LogP) is 2.92. The van der Waals surface area contributed by atoms with Gasteiger partial charge in [0.25, 0.3) is 0 Å². The van der Waals surface area contributed by atoms with Crippen LogP contribution in [0.25, 0.3) is 0 Å². The molecule has 2 amide bonds. The van der Waals surface area contributed by atoms with Gasteiger partial charge in [-0.2, -0.15) is 0 Å². The molecule has 1 saturated heterocycles. The second-order valence-electron chi connectivity index (χ2n) is 7.11. The van der Waals surface area contributed by atoms with Crippen LogP contribution in [0.5, 0.6) is 0 Å². The lowest BCUT2D eigenvalue weighted by atomic mass is 10.0. The fraction of sp³-hybridized carbons (Fsp3) is 0.364. The Morgan fingerprint density at radius 2 is 1.08 bits per heavy atom. The zero-order chi connectivity index (χ0) is 18.5. The van der Waals surface area contributed by atoms with Crippen LogP contribution in [0, 0.1) is 0 Å². The van der Waals surface area contributed by atoms with Crippen LogP contribution in [0.4, 0.5) is 0 Å². The molecule has 4 heteroatoms. The highest BCUT2D eigenvalue weighted by Gasteiger charge is 2.34. The van der Waals surface area contributed by atoms with Crippen molar-refractivity contribution in [2.75, 3.05) is 13.1 Å². The normalized spacial score (nSPS) is 20.1. The van der Waals surface area contributed by atoms with Gasteiger partial charge in [0.2, 0.25) is 11.8 Å². The first-order valence-corrected chi connectivity index (χ1v) is 9.21. The van der Waals surface area contributed by atoms with Gasteiger partial charge in [-0.15, -0.1) is 0 Å². The van der Waals surface area contributed by atoms with E-state index in [1.165, 1.54) is 0 Å². The SMILES string of the molecule is C[C@H]1CN(C(=O)Cc2ccccc2)[C@@H](C)CN1C(=O)Cc1ccccc1. The molecule has 0 saturated carbocycles. The molecule has 0 N–H and O–H groups in total. The first kappa shape index (κ1) is 18.2. The van der Waals surface area contributed by atoms with Crippen LogP contribution in [-0.4, -0.2) is 46.8 Å². The van der Waals surface area contributed by atoms with E-state index in [1.807, 2.05) is 84.3 Å². The molecule has 0 unspecified atom stereocenters. The number of benzene rings is 2. The Morgan fingerprint density at radius 1 is 0.731 bits per heavy atom. The van der Waals surface area contributed by atoms with Crippen molar-refractivity contribution < 1.29 is 9.59 Å². The van der Waals surface area contributed by atoms with Crippen LogP contribution in [0.15, 0.2) is 60.7 Å². The van der Waals surface area contributed by atoms with Gasteiger partial charge in [-0.05, 0) is 25.0 Å². The monoisotopic (exact) mass is 350 g/mol. The van der Waals surface area contributed by atoms with Crippen LogP contribution in [0.1, 0.15) is 25.0 Å². The molecule has 1 aliphatic heterocycles. The van der Waals surface area contributed by atoms with E-state index >= 15 is 0 Å². The first-order valence-electron chi connectivity index (χ1n) is 9.21. The van der Waals surface area contributed by atoms with E-state index in [-0.39, 0.29) is 23.9 Å². The fourth-order valence-corrected chi connectivity index (χ4v) is 3.57. The molecule has 4 nitrogen and oxygen atoms in total. The van der Waals surface area contributed by atoms with E-state index in [4.69, 9.17) is 0 Å². The number of amides is 2. The van der Waals surface area contributed by atoms with E-state index in [0.29, 0.717) is 25.9 Å². The number of carbonyl (C=O) groups excluding carboxylic acids is 2. The van der Waals surface area contributed by atoms with Crippen LogP contribution in [-0.2, 0) is 22.4 Å². The van der Waals surface area contributed by atoms with Crippen LogP contribution < -0.4 is 0 Å². The van der Waals surface area contributed by atoms with Crippen molar-refractivity contribution in [1.82, 2.24) is 9.80 Å². The lowest BCUT2D eigenvalue weighted by Gasteiger charge is -2.44. The summed E-state index contributed by atoms with van der Waals surface area (Å²) in [5.74, 6) is 0.261. The molecule has 2 aromatic rings. The number of rotatable bonds is 4. The number of hydrogen-bond acceptors (Lipinski definition) is 2. The summed E-state index contributed by atoms with van der Waals surface area (Å²) in [6, 6.07) is 19.7. The summed E-state index contributed by atoms with van der Waals surface area (Å²) < 4.78 is 0. The quantitative estimate of drug-likeness (QED) is 0.851. The summed E-state index contributed by atoms with van der Waals surface area (Å²) in [5, 5.41) is 0. The maximum atomic E-state index is 12.7. The highest BCUT2D eigenvalue weighted by atomic mass is 16.2. The Morgan fingerprint density at radius 3 is 1.42 bits per heavy atom. The van der Waals surface area contributed by atoms with Crippen LogP contribution >= 0.6 is 0 Å². The summed E-state index contributed by atoms with van der Waals surface area (Å²) in [6.45, 7) is 5.23. The smallest absolute Gasteiger partial charge is 0.227 e. The average molecular weight is 350 g/mol. The second kappa shape index (κ2) is 8.17. The third kappa shape index (κ3) is 4.31. The molecule has 3 rings (SSSR count). The van der Waals surface area contributed by atoms with Crippen molar-refractivity contribution in [3.8, 4) is 0 Å². The van der Waals surface area contributed by atoms with Crippen molar-refractivity contribution >= 4 is 11.8 Å². The number of hydrogen-bond donors (Lipinski definition) is 0. The molecule has 0 aromatic heterocycles. The van der Waals surface area contributed by atoms with Gasteiger partial charge in [0, 0.05) is 25.2 Å². The molecule has 1 heterocycles. The minimum atomic E-state index is 0.0298. The maximum Gasteiger partial charge on any atom is 0.227 e. The molecule has 2 aromatic carbocycles. The van der Waals surface area contributed by atoms with Crippen molar-refractivity contribution in [3.05, 3.63) is 71.8 Å². The molecular formula is C22H26N2O2. The predicted molar refractivity (Wildman–Crippen MR) is 103 cm³/mol. The molecule has 0 radical (unpaired) electrons. The third-order valence-corrected chi connectivity index (χ3v) is 5.02. The van der Waals surface area contributed by atoms with E-state index in [9.17, 15) is 9.59 Å². The summed E-state index contributed by atoms with van der Waals surface area (Å²) in [6.07, 6.45) is 0.825. The summed E-state index contributed by atoms with van der Waals surface area (Å²) >= 11 is 0. The molecule has 2 atom stereocenters. The van der Waals surface area contributed by atoms with Gasteiger partial charge in [0.05, 0.1) is 12.8 Å². The Bertz CT molecular complexity index is 680. The highest BCUT2D eigenvalue weighted by Crippen LogP contribution is 2.18. The van der Waals surface area contributed by atoms with Crippen molar-refractivity contribution in [1.29, 1.82) is 0 Å². The molecule has 0 aliphatic carbocycles. The third-order valence-electron chi connectivity index (χ3n) is 5.02. The number of nitrogens with zero attached hydrogens (tertiary/aromatic N) is 2. The van der Waals surface area contributed by atoms with Gasteiger partial charge >= 0.3 is 0 Å². The van der Waals surface area contributed by atoms with E-state index < -0.39 is 0 Å². The second-order valence-corrected chi connectivity index (χ2v) is 7.11. The molecule has 136 valence electrons. The topological polar surface area (TPSA) is 40.6 Å².